The van der Waals surface area contributed by atoms with Crippen molar-refractivity contribution in [1.29, 1.82) is 0 Å². The van der Waals surface area contributed by atoms with Crippen LogP contribution in [0, 0.1) is 0 Å². The van der Waals surface area contributed by atoms with E-state index in [1.165, 1.54) is 13.4 Å². The number of esters is 1. The van der Waals surface area contributed by atoms with E-state index in [0.717, 1.165) is 11.3 Å². The van der Waals surface area contributed by atoms with Gasteiger partial charge in [-0.25, -0.2) is 9.78 Å². The third-order valence-corrected chi connectivity index (χ3v) is 3.06. The average Bonchev–Trinajstić information content (AvgIpc) is 2.42. The molecular formula is C6H9ClN2O4S2. The Bertz CT molecular complexity index is 376. The van der Waals surface area contributed by atoms with E-state index in [1.807, 2.05) is 0 Å². The van der Waals surface area contributed by atoms with Crippen LogP contribution in [0.4, 0.5) is 5.00 Å². The van der Waals surface area contributed by atoms with Crippen molar-refractivity contribution in [3.63, 3.8) is 0 Å². The zero-order chi connectivity index (χ0) is 11.6. The largest absolute Gasteiger partial charge is 0.464 e. The number of rotatable bonds is 3. The first kappa shape index (κ1) is 12.5. The summed E-state index contributed by atoms with van der Waals surface area (Å²) < 4.78 is 25.3. The third kappa shape index (κ3) is 3.50. The second-order valence-corrected chi connectivity index (χ2v) is 6.02. The molecule has 0 atom stereocenters. The Morgan fingerprint density at radius 1 is 1.67 bits per heavy atom. The molecule has 6 nitrogen and oxygen atoms in total. The van der Waals surface area contributed by atoms with Gasteiger partial charge in [0.15, 0.2) is 10.2 Å². The summed E-state index contributed by atoms with van der Waals surface area (Å²) in [5.41, 5.74) is -0.0608. The lowest BCUT2D eigenvalue weighted by molar-refractivity contribution is 0.0596. The number of hydrogen-bond donors (Lipinski definition) is 3. The van der Waals surface area contributed by atoms with Crippen molar-refractivity contribution >= 4 is 44.7 Å². The molecule has 86 valence electrons. The minimum absolute atomic E-state index is 0.0608. The van der Waals surface area contributed by atoms with Crippen LogP contribution >= 0.6 is 33.7 Å². The van der Waals surface area contributed by atoms with Gasteiger partial charge in [0.25, 0.3) is 0 Å². The highest BCUT2D eigenvalue weighted by molar-refractivity contribution is 8.24. The van der Waals surface area contributed by atoms with Gasteiger partial charge in [-0.2, -0.15) is 0 Å². The predicted octanol–water partition coefficient (Wildman–Crippen LogP) is 2.29. The molecule has 0 aliphatic heterocycles. The topological polar surface area (TPSA) is 91.7 Å². The molecule has 1 aromatic rings. The van der Waals surface area contributed by atoms with E-state index < -0.39 is 16.7 Å². The second kappa shape index (κ2) is 4.54. The van der Waals surface area contributed by atoms with Crippen LogP contribution in [0.5, 0.6) is 0 Å². The quantitative estimate of drug-likeness (QED) is 0.731. The van der Waals surface area contributed by atoms with Gasteiger partial charge in [-0.3, -0.25) is 13.8 Å². The zero-order valence-corrected chi connectivity index (χ0v) is 10.2. The summed E-state index contributed by atoms with van der Waals surface area (Å²) in [7, 11) is -1.78. The van der Waals surface area contributed by atoms with E-state index in [1.54, 1.807) is 0 Å². The lowest BCUT2D eigenvalue weighted by atomic mass is 10.5. The summed E-state index contributed by atoms with van der Waals surface area (Å²) in [6.45, 7) is 0. The Morgan fingerprint density at radius 2 is 2.27 bits per heavy atom. The number of carbonyl (C=O) groups excluding carboxylic acids is 1. The Balaban J connectivity index is 3.01. The van der Waals surface area contributed by atoms with Crippen molar-refractivity contribution in [3.05, 3.63) is 10.2 Å². The Hall–Kier alpha value is -0.540. The van der Waals surface area contributed by atoms with Crippen LogP contribution in [-0.2, 0) is 4.74 Å². The van der Waals surface area contributed by atoms with Crippen LogP contribution in [0.1, 0.15) is 10.5 Å². The monoisotopic (exact) mass is 272 g/mol. The number of methoxy groups -OCH3 is 1. The van der Waals surface area contributed by atoms with Gasteiger partial charge in [0, 0.05) is 6.26 Å². The molecule has 0 fully saturated rings. The standard InChI is InChI=1S/C6H9ClN2O4S2/c1-13-5(10)3-4(9-15(2,11)12)14-6(7)8-3/h9,11-12H,1-2H3. The molecule has 0 unspecified atom stereocenters. The number of carbonyl (C=O) groups is 1. The Kier molecular flexibility index (Phi) is 3.79. The Labute approximate surface area is 96.7 Å². The van der Waals surface area contributed by atoms with E-state index in [-0.39, 0.29) is 15.2 Å². The van der Waals surface area contributed by atoms with Gasteiger partial charge in [-0.05, 0) is 0 Å². The molecule has 0 amide bonds. The number of anilines is 1. The highest BCUT2D eigenvalue weighted by Crippen LogP contribution is 2.39. The second-order valence-electron chi connectivity index (χ2n) is 2.57. The highest BCUT2D eigenvalue weighted by Gasteiger charge is 2.20. The van der Waals surface area contributed by atoms with Crippen LogP contribution in [0.2, 0.25) is 4.47 Å². The first-order valence-electron chi connectivity index (χ1n) is 3.59. The van der Waals surface area contributed by atoms with Crippen LogP contribution in [0.25, 0.3) is 0 Å². The van der Waals surface area contributed by atoms with Gasteiger partial charge in [0.05, 0.1) is 7.11 Å². The smallest absolute Gasteiger partial charge is 0.359 e. The van der Waals surface area contributed by atoms with Crippen LogP contribution in [0.15, 0.2) is 0 Å². The van der Waals surface area contributed by atoms with Crippen LogP contribution in [-0.4, -0.2) is 33.4 Å². The molecule has 9 heteroatoms. The molecule has 0 aliphatic rings. The van der Waals surface area contributed by atoms with Gasteiger partial charge in [-0.1, -0.05) is 22.9 Å². The van der Waals surface area contributed by atoms with Gasteiger partial charge in [0.2, 0.25) is 0 Å². The SMILES string of the molecule is COC(=O)c1nc(Cl)sc1NS(C)(O)O. The first-order valence-corrected chi connectivity index (χ1v) is 6.74. The molecule has 0 saturated carbocycles. The number of nitrogens with zero attached hydrogens (tertiary/aromatic N) is 1. The molecular weight excluding hydrogens is 264 g/mol. The summed E-state index contributed by atoms with van der Waals surface area (Å²) in [5.74, 6) is -0.690. The fourth-order valence-corrected chi connectivity index (χ4v) is 2.71. The molecule has 0 aromatic carbocycles. The highest BCUT2D eigenvalue weighted by atomic mass is 35.5. The number of aromatic nitrogens is 1. The molecule has 1 rings (SSSR count). The summed E-state index contributed by atoms with van der Waals surface area (Å²) in [6, 6.07) is 0. The molecule has 0 bridgehead atoms. The van der Waals surface area contributed by atoms with Crippen molar-refractivity contribution in [3.8, 4) is 0 Å². The number of ether oxygens (including phenoxy) is 1. The lowest BCUT2D eigenvalue weighted by Gasteiger charge is -2.27. The van der Waals surface area contributed by atoms with Gasteiger partial charge in [0.1, 0.15) is 5.00 Å². The van der Waals surface area contributed by atoms with Crippen molar-refractivity contribution in [2.24, 2.45) is 0 Å². The molecule has 1 heterocycles. The van der Waals surface area contributed by atoms with Gasteiger partial charge >= 0.3 is 5.97 Å². The number of hydrogen-bond acceptors (Lipinski definition) is 7. The predicted molar refractivity (Wildman–Crippen MR) is 60.9 cm³/mol. The van der Waals surface area contributed by atoms with Crippen LogP contribution < -0.4 is 4.72 Å². The fraction of sp³-hybridized carbons (Fsp3) is 0.333. The molecule has 0 aliphatic carbocycles. The maximum absolute atomic E-state index is 11.2. The van der Waals surface area contributed by atoms with Crippen molar-refractivity contribution < 1.29 is 18.6 Å². The maximum atomic E-state index is 11.2. The third-order valence-electron chi connectivity index (χ3n) is 1.27. The molecule has 3 N–H and O–H groups in total. The van der Waals surface area contributed by atoms with Crippen molar-refractivity contribution in [2.75, 3.05) is 18.1 Å². The minimum atomic E-state index is -2.97. The van der Waals surface area contributed by atoms with Gasteiger partial charge < -0.3 is 4.74 Å². The average molecular weight is 273 g/mol. The summed E-state index contributed by atoms with van der Waals surface area (Å²) in [4.78, 5) is 14.9. The Morgan fingerprint density at radius 3 is 2.73 bits per heavy atom. The molecule has 1 aromatic heterocycles. The molecule has 0 spiro atoms. The fourth-order valence-electron chi connectivity index (χ4n) is 0.774. The van der Waals surface area contributed by atoms with E-state index in [0.29, 0.717) is 0 Å². The van der Waals surface area contributed by atoms with E-state index in [2.05, 4.69) is 14.4 Å². The summed E-state index contributed by atoms with van der Waals surface area (Å²) in [5, 5.41) is 0.175. The summed E-state index contributed by atoms with van der Waals surface area (Å²) in [6.07, 6.45) is 1.18. The van der Waals surface area contributed by atoms with Crippen molar-refractivity contribution in [2.45, 2.75) is 0 Å². The minimum Gasteiger partial charge on any atom is -0.464 e. The van der Waals surface area contributed by atoms with Crippen molar-refractivity contribution in [1.82, 2.24) is 4.98 Å². The van der Waals surface area contributed by atoms with Gasteiger partial charge in [-0.15, -0.1) is 10.8 Å². The van der Waals surface area contributed by atoms with E-state index >= 15 is 0 Å². The molecule has 0 radical (unpaired) electrons. The number of nitrogens with one attached hydrogen (secondary N) is 1. The molecule has 15 heavy (non-hydrogen) atoms. The maximum Gasteiger partial charge on any atom is 0.359 e. The summed E-state index contributed by atoms with van der Waals surface area (Å²) >= 11 is 6.53. The van der Waals surface area contributed by atoms with Crippen LogP contribution in [0.3, 0.4) is 0 Å². The van der Waals surface area contributed by atoms with E-state index in [4.69, 9.17) is 11.6 Å². The van der Waals surface area contributed by atoms with E-state index in [9.17, 15) is 13.9 Å². The lowest BCUT2D eigenvalue weighted by Crippen LogP contribution is -2.10. The zero-order valence-electron chi connectivity index (χ0n) is 7.85. The normalized spacial score (nSPS) is 12.3. The number of halogens is 1. The molecule has 0 saturated heterocycles. The number of thiazole rings is 1. The first-order chi connectivity index (χ1) is 6.83.